The maximum atomic E-state index is 9.80. The molecule has 2 rings (SSSR count). The third-order valence-corrected chi connectivity index (χ3v) is 4.29. The van der Waals surface area contributed by atoms with Crippen LogP contribution in [-0.2, 0) is 12.2 Å². The van der Waals surface area contributed by atoms with E-state index in [-0.39, 0.29) is 5.92 Å². The highest BCUT2D eigenvalue weighted by molar-refractivity contribution is 7.98. The highest BCUT2D eigenvalue weighted by Gasteiger charge is 2.15. The summed E-state index contributed by atoms with van der Waals surface area (Å²) in [6.07, 6.45) is -0.0213. The summed E-state index contributed by atoms with van der Waals surface area (Å²) in [5.74, 6) is 2.04. The Hall–Kier alpha value is -1.33. The van der Waals surface area contributed by atoms with Crippen molar-refractivity contribution >= 4 is 11.8 Å². The second kappa shape index (κ2) is 6.90. The van der Waals surface area contributed by atoms with Crippen LogP contribution < -0.4 is 0 Å². The molecule has 0 fully saturated rings. The van der Waals surface area contributed by atoms with E-state index in [4.69, 9.17) is 4.52 Å². The number of nitrogens with zero attached hydrogens (tertiary/aromatic N) is 2. The Morgan fingerprint density at radius 2 is 2.05 bits per heavy atom. The van der Waals surface area contributed by atoms with Gasteiger partial charge in [-0.05, 0) is 24.5 Å². The minimum Gasteiger partial charge on any atom is -0.392 e. The zero-order valence-electron chi connectivity index (χ0n) is 12.0. The van der Waals surface area contributed by atoms with Crippen LogP contribution in [0.15, 0.2) is 33.7 Å². The lowest BCUT2D eigenvalue weighted by molar-refractivity contribution is 0.116. The second-order valence-electron chi connectivity index (χ2n) is 5.17. The van der Waals surface area contributed by atoms with Crippen molar-refractivity contribution in [1.29, 1.82) is 0 Å². The van der Waals surface area contributed by atoms with Gasteiger partial charge in [0.2, 0.25) is 5.89 Å². The van der Waals surface area contributed by atoms with Gasteiger partial charge in [-0.2, -0.15) is 4.98 Å². The summed E-state index contributed by atoms with van der Waals surface area (Å²) in [7, 11) is 0. The van der Waals surface area contributed by atoms with Crippen LogP contribution >= 0.6 is 11.8 Å². The molecule has 1 aromatic heterocycles. The molecule has 1 N–H and O–H groups in total. The molecule has 0 aliphatic heterocycles. The predicted molar refractivity (Wildman–Crippen MR) is 79.6 cm³/mol. The van der Waals surface area contributed by atoms with E-state index in [2.05, 4.69) is 29.2 Å². The van der Waals surface area contributed by atoms with Crippen LogP contribution in [0.1, 0.15) is 31.1 Å². The fourth-order valence-corrected chi connectivity index (χ4v) is 2.58. The lowest BCUT2D eigenvalue weighted by Crippen LogP contribution is -2.17. The van der Waals surface area contributed by atoms with Crippen LogP contribution in [0.5, 0.6) is 0 Å². The van der Waals surface area contributed by atoms with E-state index < -0.39 is 6.10 Å². The number of aryl methyl sites for hydroxylation is 1. The second-order valence-corrected chi connectivity index (χ2v) is 6.19. The fraction of sp³-hybridized carbons (Fsp3) is 0.467. The quantitative estimate of drug-likeness (QED) is 0.828. The fourth-order valence-electron chi connectivity index (χ4n) is 1.71. The number of aliphatic hydroxyl groups is 1. The Balaban J connectivity index is 1.92. The molecular formula is C15H20N2O2S. The number of hydrogen-bond acceptors (Lipinski definition) is 5. The average molecular weight is 292 g/mol. The van der Waals surface area contributed by atoms with Gasteiger partial charge in [-0.25, -0.2) is 0 Å². The Morgan fingerprint density at radius 3 is 2.75 bits per heavy atom. The monoisotopic (exact) mass is 292 g/mol. The largest absolute Gasteiger partial charge is 0.392 e. The standard InChI is InChI=1S/C15H20N2O2S/c1-10(2)12(18)8-15-16-14(17-19-15)9-20-13-7-5-4-6-11(13)3/h4-7,10,12,18H,8-9H2,1-3H3. The molecule has 2 aromatic rings. The van der Waals surface area contributed by atoms with Gasteiger partial charge in [0.15, 0.2) is 5.82 Å². The van der Waals surface area contributed by atoms with Gasteiger partial charge in [0.1, 0.15) is 0 Å². The van der Waals surface area contributed by atoms with Crippen molar-refractivity contribution in [2.45, 2.75) is 43.9 Å². The van der Waals surface area contributed by atoms with E-state index in [0.29, 0.717) is 23.9 Å². The van der Waals surface area contributed by atoms with Crippen molar-refractivity contribution in [2.24, 2.45) is 5.92 Å². The van der Waals surface area contributed by atoms with E-state index in [0.717, 1.165) is 0 Å². The first kappa shape index (κ1) is 15.1. The van der Waals surface area contributed by atoms with Gasteiger partial charge in [0.25, 0.3) is 0 Å². The lowest BCUT2D eigenvalue weighted by atomic mass is 10.0. The van der Waals surface area contributed by atoms with Gasteiger partial charge in [0, 0.05) is 4.90 Å². The lowest BCUT2D eigenvalue weighted by Gasteiger charge is -2.10. The molecule has 0 radical (unpaired) electrons. The summed E-state index contributed by atoms with van der Waals surface area (Å²) >= 11 is 1.69. The molecule has 0 amide bonds. The summed E-state index contributed by atoms with van der Waals surface area (Å²) in [5.41, 5.74) is 1.25. The van der Waals surface area contributed by atoms with Crippen molar-refractivity contribution in [3.05, 3.63) is 41.5 Å². The van der Waals surface area contributed by atoms with Crippen LogP contribution in [0, 0.1) is 12.8 Å². The van der Waals surface area contributed by atoms with Gasteiger partial charge in [0.05, 0.1) is 18.3 Å². The molecular weight excluding hydrogens is 272 g/mol. The van der Waals surface area contributed by atoms with Gasteiger partial charge in [-0.3, -0.25) is 0 Å². The highest BCUT2D eigenvalue weighted by Crippen LogP contribution is 2.24. The summed E-state index contributed by atoms with van der Waals surface area (Å²) in [6.45, 7) is 6.02. The molecule has 1 heterocycles. The van der Waals surface area contributed by atoms with Gasteiger partial charge in [-0.1, -0.05) is 37.2 Å². The topological polar surface area (TPSA) is 59.2 Å². The molecule has 0 bridgehead atoms. The Morgan fingerprint density at radius 1 is 1.30 bits per heavy atom. The van der Waals surface area contributed by atoms with Crippen LogP contribution in [0.25, 0.3) is 0 Å². The first-order valence-corrected chi connectivity index (χ1v) is 7.72. The average Bonchev–Trinajstić information content (AvgIpc) is 2.85. The molecule has 5 heteroatoms. The Kier molecular flexibility index (Phi) is 5.20. The number of thioether (sulfide) groups is 1. The zero-order valence-corrected chi connectivity index (χ0v) is 12.9. The number of aliphatic hydroxyl groups excluding tert-OH is 1. The minimum atomic E-state index is -0.438. The molecule has 1 unspecified atom stereocenters. The van der Waals surface area contributed by atoms with Gasteiger partial charge < -0.3 is 9.63 Å². The van der Waals surface area contributed by atoms with Crippen LogP contribution in [0.3, 0.4) is 0 Å². The third kappa shape index (κ3) is 4.08. The summed E-state index contributed by atoms with van der Waals surface area (Å²) in [5, 5.41) is 13.8. The molecule has 20 heavy (non-hydrogen) atoms. The van der Waals surface area contributed by atoms with Crippen molar-refractivity contribution in [3.63, 3.8) is 0 Å². The summed E-state index contributed by atoms with van der Waals surface area (Å²) < 4.78 is 5.17. The van der Waals surface area contributed by atoms with E-state index in [1.54, 1.807) is 11.8 Å². The molecule has 0 aliphatic carbocycles. The van der Waals surface area contributed by atoms with E-state index in [1.807, 2.05) is 26.0 Å². The molecule has 4 nitrogen and oxygen atoms in total. The van der Waals surface area contributed by atoms with Crippen LogP contribution in [-0.4, -0.2) is 21.4 Å². The van der Waals surface area contributed by atoms with Crippen molar-refractivity contribution in [3.8, 4) is 0 Å². The first-order valence-electron chi connectivity index (χ1n) is 6.74. The van der Waals surface area contributed by atoms with E-state index in [1.165, 1.54) is 10.5 Å². The maximum Gasteiger partial charge on any atom is 0.229 e. The SMILES string of the molecule is Cc1ccccc1SCc1noc(CC(O)C(C)C)n1. The highest BCUT2D eigenvalue weighted by atomic mass is 32.2. The van der Waals surface area contributed by atoms with Crippen molar-refractivity contribution in [2.75, 3.05) is 0 Å². The van der Waals surface area contributed by atoms with Gasteiger partial charge in [-0.15, -0.1) is 11.8 Å². The van der Waals surface area contributed by atoms with Gasteiger partial charge >= 0.3 is 0 Å². The molecule has 0 spiro atoms. The van der Waals surface area contributed by atoms with E-state index >= 15 is 0 Å². The number of aromatic nitrogens is 2. The normalized spacial score (nSPS) is 12.8. The molecule has 0 saturated heterocycles. The molecule has 1 atom stereocenters. The van der Waals surface area contributed by atoms with Crippen LogP contribution in [0.4, 0.5) is 0 Å². The predicted octanol–water partition coefficient (Wildman–Crippen LogP) is 3.23. The molecule has 0 aliphatic rings. The maximum absolute atomic E-state index is 9.80. The third-order valence-electron chi connectivity index (χ3n) is 3.11. The first-order chi connectivity index (χ1) is 9.56. The molecule has 108 valence electrons. The Labute approximate surface area is 123 Å². The van der Waals surface area contributed by atoms with Crippen molar-refractivity contribution < 1.29 is 9.63 Å². The summed E-state index contributed by atoms with van der Waals surface area (Å²) in [4.78, 5) is 5.54. The smallest absolute Gasteiger partial charge is 0.229 e. The molecule has 0 saturated carbocycles. The van der Waals surface area contributed by atoms with E-state index in [9.17, 15) is 5.11 Å². The van der Waals surface area contributed by atoms with Crippen molar-refractivity contribution in [1.82, 2.24) is 10.1 Å². The molecule has 1 aromatic carbocycles. The number of hydrogen-bond donors (Lipinski definition) is 1. The van der Waals surface area contributed by atoms with Crippen LogP contribution in [0.2, 0.25) is 0 Å². The zero-order chi connectivity index (χ0) is 14.5. The summed E-state index contributed by atoms with van der Waals surface area (Å²) in [6, 6.07) is 8.22. The number of benzene rings is 1. The Bertz CT molecular complexity index is 554. The number of rotatable bonds is 6. The minimum absolute atomic E-state index is 0.187.